The summed E-state index contributed by atoms with van der Waals surface area (Å²) in [6.45, 7) is 4.01. The third kappa shape index (κ3) is 4.71. The minimum Gasteiger partial charge on any atom is -0.424 e. The Hall–Kier alpha value is -2.11. The van der Waals surface area contributed by atoms with Crippen LogP contribution in [0.1, 0.15) is 31.7 Å². The first-order chi connectivity index (χ1) is 12.0. The molecule has 0 atom stereocenters. The van der Waals surface area contributed by atoms with E-state index >= 15 is 0 Å². The van der Waals surface area contributed by atoms with Gasteiger partial charge in [0.25, 0.3) is 0 Å². The Kier molecular flexibility index (Phi) is 5.56. The maximum absolute atomic E-state index is 12.1. The van der Waals surface area contributed by atoms with Gasteiger partial charge in [-0.05, 0) is 35.1 Å². The highest BCUT2D eigenvalue weighted by atomic mass is 35.5. The van der Waals surface area contributed by atoms with Gasteiger partial charge < -0.3 is 4.42 Å². The summed E-state index contributed by atoms with van der Waals surface area (Å²) in [7, 11) is 0. The molecule has 1 amide bonds. The summed E-state index contributed by atoms with van der Waals surface area (Å²) in [6, 6.07) is 11.5. The quantitative estimate of drug-likeness (QED) is 0.608. The Labute approximate surface area is 155 Å². The highest BCUT2D eigenvalue weighted by Gasteiger charge is 2.18. The molecule has 0 spiro atoms. The van der Waals surface area contributed by atoms with Crippen molar-refractivity contribution < 1.29 is 9.21 Å². The second kappa shape index (κ2) is 7.85. The van der Waals surface area contributed by atoms with Crippen LogP contribution in [0.15, 0.2) is 46.2 Å². The van der Waals surface area contributed by atoms with Crippen LogP contribution in [0.5, 0.6) is 0 Å². The number of rotatable bonds is 6. The Balaban J connectivity index is 1.86. The molecule has 3 aromatic rings. The summed E-state index contributed by atoms with van der Waals surface area (Å²) < 4.78 is 5.86. The number of anilines is 1. The molecule has 0 radical (unpaired) electrons. The van der Waals surface area contributed by atoms with Crippen molar-refractivity contribution >= 4 is 34.7 Å². The topological polar surface area (TPSA) is 55.1 Å². The van der Waals surface area contributed by atoms with Gasteiger partial charge in [0.15, 0.2) is 0 Å². The molecule has 2 aromatic heterocycles. The normalized spacial score (nSPS) is 11.0. The van der Waals surface area contributed by atoms with Crippen LogP contribution >= 0.6 is 22.9 Å². The highest BCUT2D eigenvalue weighted by molar-refractivity contribution is 7.13. The zero-order valence-electron chi connectivity index (χ0n) is 14.1. The molecule has 130 valence electrons. The molecule has 0 saturated heterocycles. The molecule has 0 aliphatic carbocycles. The van der Waals surface area contributed by atoms with Gasteiger partial charge in [-0.15, -0.1) is 11.3 Å². The van der Waals surface area contributed by atoms with Crippen molar-refractivity contribution in [3.63, 3.8) is 0 Å². The van der Waals surface area contributed by atoms with E-state index in [0.717, 1.165) is 10.4 Å². The van der Waals surface area contributed by atoms with Gasteiger partial charge in [0.2, 0.25) is 17.7 Å². The van der Waals surface area contributed by atoms with Crippen LogP contribution in [0.25, 0.3) is 10.6 Å². The van der Waals surface area contributed by atoms with Crippen molar-refractivity contribution in [1.29, 1.82) is 0 Å². The van der Waals surface area contributed by atoms with Crippen molar-refractivity contribution in [3.8, 4) is 10.6 Å². The van der Waals surface area contributed by atoms with Crippen LogP contribution < -0.4 is 5.32 Å². The molecular formula is C19H19ClN2O2S. The third-order valence-electron chi connectivity index (χ3n) is 3.54. The predicted octanol–water partition coefficient (Wildman–Crippen LogP) is 5.63. The van der Waals surface area contributed by atoms with E-state index in [1.54, 1.807) is 11.3 Å². The SMILES string of the molecule is CC(C)CC(=O)Nc1oc(Cc2ccc(Cl)cc2)nc1-c1cccs1. The fourth-order valence-electron chi connectivity index (χ4n) is 2.43. The average Bonchev–Trinajstić information content (AvgIpc) is 3.18. The number of carbonyl (C=O) groups is 1. The number of benzene rings is 1. The Morgan fingerprint density at radius 3 is 2.68 bits per heavy atom. The number of nitrogens with zero attached hydrogens (tertiary/aromatic N) is 1. The van der Waals surface area contributed by atoms with Gasteiger partial charge >= 0.3 is 0 Å². The average molecular weight is 375 g/mol. The number of hydrogen-bond acceptors (Lipinski definition) is 4. The van der Waals surface area contributed by atoms with E-state index < -0.39 is 0 Å². The summed E-state index contributed by atoms with van der Waals surface area (Å²) in [4.78, 5) is 17.7. The Morgan fingerprint density at radius 1 is 1.28 bits per heavy atom. The minimum atomic E-state index is -0.0676. The Bertz CT molecular complexity index is 839. The van der Waals surface area contributed by atoms with Crippen molar-refractivity contribution in [2.24, 2.45) is 5.92 Å². The lowest BCUT2D eigenvalue weighted by atomic mass is 10.1. The van der Waals surface area contributed by atoms with Crippen LogP contribution in [0, 0.1) is 5.92 Å². The van der Waals surface area contributed by atoms with Gasteiger partial charge in [0.05, 0.1) is 4.88 Å². The molecule has 25 heavy (non-hydrogen) atoms. The lowest BCUT2D eigenvalue weighted by Gasteiger charge is -2.05. The summed E-state index contributed by atoms with van der Waals surface area (Å²) >= 11 is 7.49. The molecule has 0 saturated carbocycles. The molecule has 0 aliphatic rings. The maximum atomic E-state index is 12.1. The van der Waals surface area contributed by atoms with Crippen LogP contribution in [-0.2, 0) is 11.2 Å². The van der Waals surface area contributed by atoms with Crippen molar-refractivity contribution in [1.82, 2.24) is 4.98 Å². The van der Waals surface area contributed by atoms with Crippen LogP contribution in [-0.4, -0.2) is 10.9 Å². The standard InChI is InChI=1S/C19H19ClN2O2S/c1-12(2)10-16(23)21-19-18(15-4-3-9-25-15)22-17(24-19)11-13-5-7-14(20)8-6-13/h3-9,12H,10-11H2,1-2H3,(H,21,23). The van der Waals surface area contributed by atoms with E-state index in [1.807, 2.05) is 55.6 Å². The number of nitrogens with one attached hydrogen (secondary N) is 1. The van der Waals surface area contributed by atoms with Gasteiger partial charge in [0, 0.05) is 17.9 Å². The van der Waals surface area contributed by atoms with E-state index in [0.29, 0.717) is 35.3 Å². The number of aromatic nitrogens is 1. The molecule has 3 rings (SSSR count). The lowest BCUT2D eigenvalue weighted by Crippen LogP contribution is -2.13. The lowest BCUT2D eigenvalue weighted by molar-refractivity contribution is -0.116. The fourth-order valence-corrected chi connectivity index (χ4v) is 3.27. The zero-order valence-corrected chi connectivity index (χ0v) is 15.7. The summed E-state index contributed by atoms with van der Waals surface area (Å²) in [5.41, 5.74) is 1.72. The van der Waals surface area contributed by atoms with E-state index in [-0.39, 0.29) is 11.8 Å². The van der Waals surface area contributed by atoms with Crippen molar-refractivity contribution in [2.45, 2.75) is 26.7 Å². The molecule has 1 aromatic carbocycles. The number of amides is 1. The van der Waals surface area contributed by atoms with E-state index in [1.165, 1.54) is 0 Å². The monoisotopic (exact) mass is 374 g/mol. The zero-order chi connectivity index (χ0) is 17.8. The van der Waals surface area contributed by atoms with Crippen molar-refractivity contribution in [3.05, 3.63) is 58.3 Å². The first-order valence-corrected chi connectivity index (χ1v) is 9.35. The van der Waals surface area contributed by atoms with Crippen LogP contribution in [0.3, 0.4) is 0 Å². The van der Waals surface area contributed by atoms with E-state index in [9.17, 15) is 4.79 Å². The van der Waals surface area contributed by atoms with E-state index in [2.05, 4.69) is 10.3 Å². The second-order valence-electron chi connectivity index (χ2n) is 6.21. The molecule has 2 heterocycles. The number of carbonyl (C=O) groups excluding carboxylic acids is 1. The molecule has 4 nitrogen and oxygen atoms in total. The first kappa shape index (κ1) is 17.7. The molecule has 0 unspecified atom stereocenters. The highest BCUT2D eigenvalue weighted by Crippen LogP contribution is 2.32. The fraction of sp³-hybridized carbons (Fsp3) is 0.263. The largest absolute Gasteiger partial charge is 0.424 e. The Morgan fingerprint density at radius 2 is 2.04 bits per heavy atom. The van der Waals surface area contributed by atoms with Gasteiger partial charge in [-0.3, -0.25) is 10.1 Å². The molecule has 6 heteroatoms. The van der Waals surface area contributed by atoms with Crippen LogP contribution in [0.2, 0.25) is 5.02 Å². The number of halogens is 1. The second-order valence-corrected chi connectivity index (χ2v) is 7.60. The number of hydrogen-bond donors (Lipinski definition) is 1. The number of oxazole rings is 1. The van der Waals surface area contributed by atoms with Gasteiger partial charge in [-0.1, -0.05) is 43.6 Å². The molecular weight excluding hydrogens is 356 g/mol. The summed E-state index contributed by atoms with van der Waals surface area (Å²) in [6.07, 6.45) is 0.979. The minimum absolute atomic E-state index is 0.0676. The summed E-state index contributed by atoms with van der Waals surface area (Å²) in [5.74, 6) is 1.19. The van der Waals surface area contributed by atoms with Gasteiger partial charge in [-0.2, -0.15) is 0 Å². The number of thiophene rings is 1. The first-order valence-electron chi connectivity index (χ1n) is 8.09. The van der Waals surface area contributed by atoms with E-state index in [4.69, 9.17) is 16.0 Å². The van der Waals surface area contributed by atoms with Crippen molar-refractivity contribution in [2.75, 3.05) is 5.32 Å². The maximum Gasteiger partial charge on any atom is 0.229 e. The van der Waals surface area contributed by atoms with Crippen LogP contribution in [0.4, 0.5) is 5.88 Å². The van der Waals surface area contributed by atoms with Gasteiger partial charge in [-0.25, -0.2) is 4.98 Å². The smallest absolute Gasteiger partial charge is 0.229 e. The third-order valence-corrected chi connectivity index (χ3v) is 4.67. The molecule has 0 fully saturated rings. The molecule has 0 bridgehead atoms. The summed E-state index contributed by atoms with van der Waals surface area (Å²) in [5, 5.41) is 5.53. The molecule has 1 N–H and O–H groups in total. The molecule has 0 aliphatic heterocycles. The predicted molar refractivity (Wildman–Crippen MR) is 102 cm³/mol. The van der Waals surface area contributed by atoms with Gasteiger partial charge in [0.1, 0.15) is 5.69 Å².